The largest absolute Gasteiger partial charge is 0.385 e. The fourth-order valence-corrected chi connectivity index (χ4v) is 1.51. The average Bonchev–Trinajstić information content (AvgIpc) is 1.99. The lowest BCUT2D eigenvalue weighted by Crippen LogP contribution is -2.20. The van der Waals surface area contributed by atoms with Gasteiger partial charge in [-0.3, -0.25) is 0 Å². The number of rotatable bonds is 5. The molecule has 0 aliphatic rings. The highest BCUT2D eigenvalue weighted by Gasteiger charge is 1.92. The summed E-state index contributed by atoms with van der Waals surface area (Å²) in [4.78, 5) is 0. The minimum Gasteiger partial charge on any atom is -0.385 e. The van der Waals surface area contributed by atoms with Gasteiger partial charge in [0.2, 0.25) is 0 Å². The molecule has 0 atom stereocenters. The Morgan fingerprint density at radius 2 is 2.36 bits per heavy atom. The van der Waals surface area contributed by atoms with Crippen molar-refractivity contribution >= 4 is 28.3 Å². The van der Waals surface area contributed by atoms with Crippen LogP contribution in [0.3, 0.4) is 0 Å². The lowest BCUT2D eigenvalue weighted by Gasteiger charge is -2.04. The number of hydrogen-bond donors (Lipinski definition) is 1. The fourth-order valence-electron chi connectivity index (χ4n) is 0.589. The van der Waals surface area contributed by atoms with E-state index in [2.05, 4.69) is 12.2 Å². The molecule has 0 fully saturated rings. The number of hydrogen-bond acceptors (Lipinski definition) is 3. The van der Waals surface area contributed by atoms with Crippen LogP contribution in [-0.2, 0) is 4.74 Å². The lowest BCUT2D eigenvalue weighted by molar-refractivity contribution is 0.196. The summed E-state index contributed by atoms with van der Waals surface area (Å²) in [6, 6.07) is 0. The predicted octanol–water partition coefficient (Wildman–Crippen LogP) is 1.65. The van der Waals surface area contributed by atoms with E-state index in [0.29, 0.717) is 0 Å². The van der Waals surface area contributed by atoms with Crippen LogP contribution >= 0.6 is 24.0 Å². The Balaban J connectivity index is 3.04. The number of thiocarbonyl (C=S) groups is 1. The molecule has 11 heavy (non-hydrogen) atoms. The molecule has 0 heterocycles. The molecular weight excluding hydrogens is 178 g/mol. The van der Waals surface area contributed by atoms with Gasteiger partial charge in [0.15, 0.2) is 0 Å². The van der Waals surface area contributed by atoms with E-state index in [-0.39, 0.29) is 0 Å². The molecule has 4 heteroatoms. The summed E-state index contributed by atoms with van der Waals surface area (Å²) in [5.41, 5.74) is 0. The first-order valence-corrected chi connectivity index (χ1v) is 5.10. The molecule has 0 aliphatic carbocycles. The molecule has 0 aromatic heterocycles. The van der Waals surface area contributed by atoms with Crippen LogP contribution in [0.15, 0.2) is 0 Å². The minimum atomic E-state index is 0.798. The van der Waals surface area contributed by atoms with Gasteiger partial charge in [-0.1, -0.05) is 30.9 Å². The number of methoxy groups -OCH3 is 1. The van der Waals surface area contributed by atoms with Crippen LogP contribution in [0.4, 0.5) is 0 Å². The quantitative estimate of drug-likeness (QED) is 0.529. The fraction of sp³-hybridized carbons (Fsp3) is 0.857. The summed E-state index contributed by atoms with van der Waals surface area (Å²) in [6.45, 7) is 3.81. The van der Waals surface area contributed by atoms with Crippen LogP contribution in [0.1, 0.15) is 13.3 Å². The third-order valence-electron chi connectivity index (χ3n) is 1.07. The molecule has 0 saturated carbocycles. The second-order valence-electron chi connectivity index (χ2n) is 1.99. The SMILES string of the molecule is CCSC(=S)NCCCOC. The van der Waals surface area contributed by atoms with E-state index in [4.69, 9.17) is 17.0 Å². The predicted molar refractivity (Wildman–Crippen MR) is 55.2 cm³/mol. The lowest BCUT2D eigenvalue weighted by atomic mass is 10.5. The van der Waals surface area contributed by atoms with Gasteiger partial charge in [-0.15, -0.1) is 0 Å². The molecule has 66 valence electrons. The summed E-state index contributed by atoms with van der Waals surface area (Å²) in [7, 11) is 1.71. The van der Waals surface area contributed by atoms with Gasteiger partial charge in [-0.25, -0.2) is 0 Å². The third kappa shape index (κ3) is 8.10. The van der Waals surface area contributed by atoms with E-state index in [0.717, 1.165) is 29.6 Å². The molecule has 1 N–H and O–H groups in total. The molecular formula is C7H15NOS2. The smallest absolute Gasteiger partial charge is 0.133 e. The standard InChI is InChI=1S/C7H15NOS2/c1-3-11-7(10)8-5-4-6-9-2/h3-6H2,1-2H3,(H,8,10). The molecule has 0 aromatic rings. The molecule has 0 unspecified atom stereocenters. The maximum Gasteiger partial charge on any atom is 0.133 e. The monoisotopic (exact) mass is 193 g/mol. The van der Waals surface area contributed by atoms with Crippen LogP contribution in [0.5, 0.6) is 0 Å². The second-order valence-corrected chi connectivity index (χ2v) is 3.93. The maximum atomic E-state index is 5.01. The zero-order valence-corrected chi connectivity index (χ0v) is 8.69. The van der Waals surface area contributed by atoms with Crippen molar-refractivity contribution in [3.63, 3.8) is 0 Å². The molecule has 2 nitrogen and oxygen atoms in total. The molecule has 0 amide bonds. The number of ether oxygens (including phenoxy) is 1. The van der Waals surface area contributed by atoms with Gasteiger partial charge >= 0.3 is 0 Å². The summed E-state index contributed by atoms with van der Waals surface area (Å²) in [5, 5.41) is 3.13. The van der Waals surface area contributed by atoms with Gasteiger partial charge in [0.25, 0.3) is 0 Å². The Bertz CT molecular complexity index is 109. The van der Waals surface area contributed by atoms with Crippen molar-refractivity contribution in [1.29, 1.82) is 0 Å². The van der Waals surface area contributed by atoms with E-state index in [1.807, 2.05) is 0 Å². The Morgan fingerprint density at radius 3 is 2.91 bits per heavy atom. The normalized spacial score (nSPS) is 9.64. The van der Waals surface area contributed by atoms with E-state index in [1.165, 1.54) is 0 Å². The van der Waals surface area contributed by atoms with Crippen molar-refractivity contribution in [2.75, 3.05) is 26.0 Å². The van der Waals surface area contributed by atoms with E-state index in [1.54, 1.807) is 18.9 Å². The molecule has 0 rings (SSSR count). The summed E-state index contributed by atoms with van der Waals surface area (Å²) in [6.07, 6.45) is 1.01. The van der Waals surface area contributed by atoms with Crippen LogP contribution in [0.2, 0.25) is 0 Å². The topological polar surface area (TPSA) is 21.3 Å². The highest BCUT2D eigenvalue weighted by atomic mass is 32.2. The molecule has 0 bridgehead atoms. The molecule has 0 spiro atoms. The van der Waals surface area contributed by atoms with Crippen molar-refractivity contribution in [2.24, 2.45) is 0 Å². The summed E-state index contributed by atoms with van der Waals surface area (Å²) < 4.78 is 5.79. The van der Waals surface area contributed by atoms with Gasteiger partial charge in [-0.05, 0) is 12.2 Å². The molecule has 0 aliphatic heterocycles. The van der Waals surface area contributed by atoms with Crippen LogP contribution < -0.4 is 5.32 Å². The molecule has 0 aromatic carbocycles. The molecule has 0 saturated heterocycles. The average molecular weight is 193 g/mol. The Morgan fingerprint density at radius 1 is 1.64 bits per heavy atom. The van der Waals surface area contributed by atoms with E-state index in [9.17, 15) is 0 Å². The van der Waals surface area contributed by atoms with Crippen molar-refractivity contribution in [3.8, 4) is 0 Å². The van der Waals surface area contributed by atoms with E-state index >= 15 is 0 Å². The van der Waals surface area contributed by atoms with Crippen molar-refractivity contribution in [3.05, 3.63) is 0 Å². The van der Waals surface area contributed by atoms with Crippen molar-refractivity contribution in [1.82, 2.24) is 5.32 Å². The summed E-state index contributed by atoms with van der Waals surface area (Å²) >= 11 is 6.68. The first-order chi connectivity index (χ1) is 5.31. The zero-order valence-electron chi connectivity index (χ0n) is 7.05. The Labute approximate surface area is 78.1 Å². The highest BCUT2D eigenvalue weighted by molar-refractivity contribution is 8.22. The summed E-state index contributed by atoms with van der Waals surface area (Å²) in [5.74, 6) is 1.04. The first-order valence-electron chi connectivity index (χ1n) is 3.70. The van der Waals surface area contributed by atoms with Gasteiger partial charge in [0, 0.05) is 20.3 Å². The second kappa shape index (κ2) is 8.30. The Hall–Kier alpha value is 0.200. The van der Waals surface area contributed by atoms with Crippen LogP contribution in [-0.4, -0.2) is 30.3 Å². The Kier molecular flexibility index (Phi) is 8.45. The minimum absolute atomic E-state index is 0.798. The first kappa shape index (κ1) is 11.2. The van der Waals surface area contributed by atoms with Crippen molar-refractivity contribution < 1.29 is 4.74 Å². The van der Waals surface area contributed by atoms with Crippen LogP contribution in [0, 0.1) is 0 Å². The zero-order chi connectivity index (χ0) is 8.53. The van der Waals surface area contributed by atoms with Crippen LogP contribution in [0.25, 0.3) is 0 Å². The number of nitrogens with one attached hydrogen (secondary N) is 1. The van der Waals surface area contributed by atoms with E-state index < -0.39 is 0 Å². The van der Waals surface area contributed by atoms with Gasteiger partial charge < -0.3 is 10.1 Å². The van der Waals surface area contributed by atoms with Gasteiger partial charge in [0.1, 0.15) is 4.32 Å². The highest BCUT2D eigenvalue weighted by Crippen LogP contribution is 1.99. The van der Waals surface area contributed by atoms with Gasteiger partial charge in [-0.2, -0.15) is 0 Å². The number of thioether (sulfide) groups is 1. The maximum absolute atomic E-state index is 5.01. The van der Waals surface area contributed by atoms with Gasteiger partial charge in [0.05, 0.1) is 0 Å². The third-order valence-corrected chi connectivity index (χ3v) is 2.26. The van der Waals surface area contributed by atoms with Crippen molar-refractivity contribution in [2.45, 2.75) is 13.3 Å². The molecule has 0 radical (unpaired) electrons.